The molecule has 1 atom stereocenters. The number of aromatic amines is 1. The molecule has 0 aliphatic heterocycles. The third kappa shape index (κ3) is 3.52. The number of nitrogens with one attached hydrogen (secondary N) is 2. The summed E-state index contributed by atoms with van der Waals surface area (Å²) in [6, 6.07) is 15.0. The highest BCUT2D eigenvalue weighted by atomic mass is 16.1. The number of carbonyl (C=O) groups excluding carboxylic acids is 1. The van der Waals surface area contributed by atoms with Crippen LogP contribution in [0.2, 0.25) is 0 Å². The van der Waals surface area contributed by atoms with E-state index in [4.69, 9.17) is 0 Å². The molecule has 1 heterocycles. The number of aromatic nitrogens is 1. The number of rotatable bonds is 5. The second-order valence-corrected chi connectivity index (χ2v) is 7.38. The molecular formula is C23H26N2O. The lowest BCUT2D eigenvalue weighted by Gasteiger charge is -2.20. The van der Waals surface area contributed by atoms with Crippen molar-refractivity contribution in [2.45, 2.75) is 51.5 Å². The highest BCUT2D eigenvalue weighted by Gasteiger charge is 2.14. The molecule has 0 spiro atoms. The van der Waals surface area contributed by atoms with Crippen molar-refractivity contribution < 1.29 is 4.79 Å². The lowest BCUT2D eigenvalue weighted by atomic mass is 9.89. The van der Waals surface area contributed by atoms with E-state index in [9.17, 15) is 4.79 Å². The Bertz CT molecular complexity index is 925. The summed E-state index contributed by atoms with van der Waals surface area (Å²) in [5.41, 5.74) is 6.50. The number of H-pyrrole nitrogens is 1. The smallest absolute Gasteiger partial charge is 0.220 e. The zero-order valence-corrected chi connectivity index (χ0v) is 15.3. The molecule has 0 bridgehead atoms. The van der Waals surface area contributed by atoms with E-state index in [1.165, 1.54) is 53.3 Å². The number of carbonyl (C=O) groups is 1. The zero-order chi connectivity index (χ0) is 17.9. The van der Waals surface area contributed by atoms with Crippen molar-refractivity contribution in [2.24, 2.45) is 0 Å². The number of aryl methyl sites for hydroxylation is 3. The van der Waals surface area contributed by atoms with Crippen LogP contribution in [0.15, 0.2) is 48.7 Å². The molecule has 1 aliphatic carbocycles. The van der Waals surface area contributed by atoms with E-state index in [0.29, 0.717) is 6.42 Å². The Morgan fingerprint density at radius 1 is 1.12 bits per heavy atom. The number of hydrogen-bond acceptors (Lipinski definition) is 1. The average molecular weight is 346 g/mol. The standard InChI is InChI=1S/C23H26N2O/c1-16(18-11-10-17-6-2-3-7-19(17)14-18)25-23(26)13-12-20-15-24-22-9-5-4-8-21(20)22/h4-5,8-11,14-16,24H,2-3,6-7,12-13H2,1H3,(H,25,26). The minimum Gasteiger partial charge on any atom is -0.361 e. The molecule has 1 aliphatic rings. The van der Waals surface area contributed by atoms with E-state index in [-0.39, 0.29) is 11.9 Å². The van der Waals surface area contributed by atoms with Crippen molar-refractivity contribution >= 4 is 16.8 Å². The van der Waals surface area contributed by atoms with E-state index >= 15 is 0 Å². The number of amides is 1. The van der Waals surface area contributed by atoms with Gasteiger partial charge in [-0.1, -0.05) is 36.4 Å². The quantitative estimate of drug-likeness (QED) is 0.681. The van der Waals surface area contributed by atoms with Crippen LogP contribution in [0.4, 0.5) is 0 Å². The van der Waals surface area contributed by atoms with Crippen LogP contribution in [0.25, 0.3) is 10.9 Å². The van der Waals surface area contributed by atoms with Gasteiger partial charge in [-0.25, -0.2) is 0 Å². The topological polar surface area (TPSA) is 44.9 Å². The summed E-state index contributed by atoms with van der Waals surface area (Å²) in [6.45, 7) is 2.08. The van der Waals surface area contributed by atoms with Gasteiger partial charge in [0.15, 0.2) is 0 Å². The summed E-state index contributed by atoms with van der Waals surface area (Å²) < 4.78 is 0. The molecule has 4 rings (SSSR count). The second kappa shape index (κ2) is 7.36. The maximum absolute atomic E-state index is 12.4. The number of para-hydroxylation sites is 1. The van der Waals surface area contributed by atoms with Crippen LogP contribution in [0.1, 0.15) is 54.5 Å². The minimum atomic E-state index is 0.0534. The van der Waals surface area contributed by atoms with Crippen molar-refractivity contribution in [1.82, 2.24) is 10.3 Å². The molecule has 1 unspecified atom stereocenters. The molecule has 0 saturated carbocycles. The van der Waals surface area contributed by atoms with Crippen molar-refractivity contribution in [3.8, 4) is 0 Å². The van der Waals surface area contributed by atoms with Crippen molar-refractivity contribution in [2.75, 3.05) is 0 Å². The molecule has 3 heteroatoms. The van der Waals surface area contributed by atoms with Gasteiger partial charge in [0.05, 0.1) is 6.04 Å². The summed E-state index contributed by atoms with van der Waals surface area (Å²) in [4.78, 5) is 15.7. The Morgan fingerprint density at radius 3 is 2.81 bits per heavy atom. The van der Waals surface area contributed by atoms with Gasteiger partial charge in [0.25, 0.3) is 0 Å². The highest BCUT2D eigenvalue weighted by molar-refractivity contribution is 5.84. The molecule has 3 nitrogen and oxygen atoms in total. The molecule has 26 heavy (non-hydrogen) atoms. The van der Waals surface area contributed by atoms with Gasteiger partial charge in [0, 0.05) is 23.5 Å². The van der Waals surface area contributed by atoms with Gasteiger partial charge in [-0.05, 0) is 67.3 Å². The van der Waals surface area contributed by atoms with Crippen LogP contribution in [-0.4, -0.2) is 10.9 Å². The van der Waals surface area contributed by atoms with E-state index in [1.54, 1.807) is 0 Å². The van der Waals surface area contributed by atoms with Gasteiger partial charge in [-0.2, -0.15) is 0 Å². The Hall–Kier alpha value is -2.55. The lowest BCUT2D eigenvalue weighted by Crippen LogP contribution is -2.27. The minimum absolute atomic E-state index is 0.0534. The van der Waals surface area contributed by atoms with Crippen LogP contribution in [0, 0.1) is 0 Å². The van der Waals surface area contributed by atoms with E-state index < -0.39 is 0 Å². The monoisotopic (exact) mass is 346 g/mol. The molecule has 2 N–H and O–H groups in total. The van der Waals surface area contributed by atoms with E-state index in [0.717, 1.165) is 11.9 Å². The maximum atomic E-state index is 12.4. The Balaban J connectivity index is 1.37. The van der Waals surface area contributed by atoms with Crippen LogP contribution in [0.3, 0.4) is 0 Å². The first-order valence-corrected chi connectivity index (χ1v) is 9.67. The van der Waals surface area contributed by atoms with Gasteiger partial charge in [-0.15, -0.1) is 0 Å². The summed E-state index contributed by atoms with van der Waals surface area (Å²) >= 11 is 0. The van der Waals surface area contributed by atoms with Crippen molar-refractivity contribution in [1.29, 1.82) is 0 Å². The summed E-state index contributed by atoms with van der Waals surface area (Å²) in [5.74, 6) is 0.112. The molecule has 0 saturated heterocycles. The van der Waals surface area contributed by atoms with Gasteiger partial charge in [-0.3, -0.25) is 4.79 Å². The first-order chi connectivity index (χ1) is 12.7. The molecule has 3 aromatic rings. The Labute approximate surface area is 154 Å². The van der Waals surface area contributed by atoms with Gasteiger partial charge >= 0.3 is 0 Å². The molecule has 134 valence electrons. The number of hydrogen-bond donors (Lipinski definition) is 2. The third-order valence-electron chi connectivity index (χ3n) is 5.55. The Kier molecular flexibility index (Phi) is 4.79. The Morgan fingerprint density at radius 2 is 1.92 bits per heavy atom. The van der Waals surface area contributed by atoms with Gasteiger partial charge in [0.2, 0.25) is 5.91 Å². The zero-order valence-electron chi connectivity index (χ0n) is 15.3. The predicted molar refractivity (Wildman–Crippen MR) is 106 cm³/mol. The van der Waals surface area contributed by atoms with Crippen molar-refractivity contribution in [3.05, 3.63) is 70.9 Å². The highest BCUT2D eigenvalue weighted by Crippen LogP contribution is 2.25. The molecule has 1 aromatic heterocycles. The van der Waals surface area contributed by atoms with Gasteiger partial charge < -0.3 is 10.3 Å². The largest absolute Gasteiger partial charge is 0.361 e. The molecule has 1 amide bonds. The second-order valence-electron chi connectivity index (χ2n) is 7.38. The lowest BCUT2D eigenvalue weighted by molar-refractivity contribution is -0.121. The van der Waals surface area contributed by atoms with Crippen molar-refractivity contribution in [3.63, 3.8) is 0 Å². The van der Waals surface area contributed by atoms with E-state index in [2.05, 4.69) is 47.6 Å². The van der Waals surface area contributed by atoms with Crippen LogP contribution in [-0.2, 0) is 24.1 Å². The number of benzene rings is 2. The average Bonchev–Trinajstić information content (AvgIpc) is 3.09. The first kappa shape index (κ1) is 16.9. The normalized spacial score (nSPS) is 14.8. The predicted octanol–water partition coefficient (Wildman–Crippen LogP) is 4.86. The fraction of sp³-hybridized carbons (Fsp3) is 0.348. The molecule has 0 radical (unpaired) electrons. The SMILES string of the molecule is CC(NC(=O)CCc1c[nH]c2ccccc12)c1ccc2c(c1)CCCC2. The maximum Gasteiger partial charge on any atom is 0.220 e. The fourth-order valence-electron chi connectivity index (χ4n) is 4.01. The van der Waals surface area contributed by atoms with Crippen LogP contribution < -0.4 is 5.32 Å². The molecule has 2 aromatic carbocycles. The van der Waals surface area contributed by atoms with E-state index in [1.807, 2.05) is 18.3 Å². The first-order valence-electron chi connectivity index (χ1n) is 9.67. The summed E-state index contributed by atoms with van der Waals surface area (Å²) in [7, 11) is 0. The molecule has 0 fully saturated rings. The third-order valence-corrected chi connectivity index (χ3v) is 5.55. The molecular weight excluding hydrogens is 320 g/mol. The van der Waals surface area contributed by atoms with Gasteiger partial charge in [0.1, 0.15) is 0 Å². The van der Waals surface area contributed by atoms with Crippen LogP contribution in [0.5, 0.6) is 0 Å². The fourth-order valence-corrected chi connectivity index (χ4v) is 4.01. The van der Waals surface area contributed by atoms with Crippen LogP contribution >= 0.6 is 0 Å². The number of fused-ring (bicyclic) bond motifs is 2. The summed E-state index contributed by atoms with van der Waals surface area (Å²) in [6.07, 6.45) is 8.23. The summed E-state index contributed by atoms with van der Waals surface area (Å²) in [5, 5.41) is 4.38.